The van der Waals surface area contributed by atoms with Crippen LogP contribution in [0.2, 0.25) is 5.02 Å². The van der Waals surface area contributed by atoms with Crippen molar-refractivity contribution in [1.82, 2.24) is 15.1 Å². The van der Waals surface area contributed by atoms with Crippen LogP contribution in [0.25, 0.3) is 0 Å². The van der Waals surface area contributed by atoms with E-state index in [4.69, 9.17) is 16.3 Å². The van der Waals surface area contributed by atoms with E-state index in [9.17, 15) is 9.59 Å². The number of hydrogen-bond acceptors (Lipinski definition) is 4. The fraction of sp³-hybridized carbons (Fsp3) is 0.355. The van der Waals surface area contributed by atoms with Gasteiger partial charge in [-0.25, -0.2) is 0 Å². The Morgan fingerprint density at radius 2 is 1.67 bits per heavy atom. The molecule has 1 saturated heterocycles. The Labute approximate surface area is 244 Å². The van der Waals surface area contributed by atoms with Gasteiger partial charge in [0.1, 0.15) is 12.4 Å². The zero-order valence-corrected chi connectivity index (χ0v) is 25.0. The molecule has 1 aliphatic heterocycles. The number of carbonyl (C=O) groups excluding carboxylic acids is 2. The number of aryl methyl sites for hydroxylation is 2. The van der Waals surface area contributed by atoms with Gasteiger partial charge in [-0.2, -0.15) is 0 Å². The van der Waals surface area contributed by atoms with Gasteiger partial charge in [0.05, 0.1) is 0 Å². The smallest absolute Gasteiger partial charge is 0.311 e. The van der Waals surface area contributed by atoms with E-state index in [1.807, 2.05) is 50.2 Å². The van der Waals surface area contributed by atoms with Gasteiger partial charge in [0.2, 0.25) is 0 Å². The van der Waals surface area contributed by atoms with E-state index < -0.39 is 11.8 Å². The van der Waals surface area contributed by atoms with Crippen molar-refractivity contribution in [1.29, 1.82) is 0 Å². The van der Waals surface area contributed by atoms with Crippen LogP contribution in [0, 0.1) is 13.8 Å². The summed E-state index contributed by atoms with van der Waals surface area (Å²) in [5.74, 6) is -0.268. The lowest BCUT2D eigenvalue weighted by Crippen LogP contribution is -2.49. The fourth-order valence-corrected chi connectivity index (χ4v) is 5.43. The lowest BCUT2D eigenvalue weighted by atomic mass is 10.0. The Kier molecular flexibility index (Phi) is 10.1. The molecule has 3 aromatic carbocycles. The first-order valence-electron chi connectivity index (χ1n) is 13.2. The summed E-state index contributed by atoms with van der Waals surface area (Å²) in [7, 11) is 1.66. The van der Waals surface area contributed by atoms with Crippen molar-refractivity contribution >= 4 is 39.3 Å². The molecule has 3 aromatic rings. The molecule has 0 aromatic heterocycles. The molecule has 6 nitrogen and oxygen atoms in total. The first-order valence-corrected chi connectivity index (χ1v) is 14.4. The monoisotopic (exact) mass is 611 g/mol. The minimum absolute atomic E-state index is 0.00931. The quantitative estimate of drug-likeness (QED) is 0.315. The van der Waals surface area contributed by atoms with Crippen molar-refractivity contribution in [2.24, 2.45) is 0 Å². The van der Waals surface area contributed by atoms with Crippen LogP contribution in [0.3, 0.4) is 0 Å². The highest BCUT2D eigenvalue weighted by Gasteiger charge is 2.25. The van der Waals surface area contributed by atoms with E-state index >= 15 is 0 Å². The van der Waals surface area contributed by atoms with E-state index in [2.05, 4.69) is 50.4 Å². The number of likely N-dealkylation sites (tertiary alicyclic amines) is 1. The molecular weight excluding hydrogens is 578 g/mol. The zero-order valence-electron chi connectivity index (χ0n) is 22.7. The molecule has 0 bridgehead atoms. The highest BCUT2D eigenvalue weighted by molar-refractivity contribution is 9.10. The maximum Gasteiger partial charge on any atom is 0.311 e. The number of amides is 2. The Bertz CT molecular complexity index is 1280. The van der Waals surface area contributed by atoms with Crippen molar-refractivity contribution < 1.29 is 14.3 Å². The molecule has 4 rings (SSSR count). The van der Waals surface area contributed by atoms with Crippen LogP contribution in [0.4, 0.5) is 0 Å². The van der Waals surface area contributed by atoms with Gasteiger partial charge in [0.25, 0.3) is 0 Å². The Morgan fingerprint density at radius 1 is 1.03 bits per heavy atom. The number of hydrogen-bond donors (Lipinski definition) is 1. The third-order valence-electron chi connectivity index (χ3n) is 7.05. The summed E-state index contributed by atoms with van der Waals surface area (Å²) in [6.07, 6.45) is 1.65. The topological polar surface area (TPSA) is 61.9 Å². The van der Waals surface area contributed by atoms with Crippen LogP contribution in [-0.2, 0) is 29.3 Å². The predicted octanol–water partition coefficient (Wildman–Crippen LogP) is 6.04. The molecule has 0 unspecified atom stereocenters. The second kappa shape index (κ2) is 13.5. The summed E-state index contributed by atoms with van der Waals surface area (Å²) >= 11 is 9.73. The minimum atomic E-state index is -0.544. The number of ether oxygens (including phenoxy) is 1. The molecule has 0 spiro atoms. The van der Waals surface area contributed by atoms with Crippen molar-refractivity contribution in [2.75, 3.05) is 20.1 Å². The Hall–Kier alpha value is -2.87. The van der Waals surface area contributed by atoms with E-state index in [1.165, 1.54) is 10.5 Å². The van der Waals surface area contributed by atoms with Gasteiger partial charge in [-0.1, -0.05) is 70.0 Å². The van der Waals surface area contributed by atoms with Gasteiger partial charge in [0.15, 0.2) is 0 Å². The molecule has 8 heteroatoms. The molecule has 0 aliphatic carbocycles. The third kappa shape index (κ3) is 8.07. The Balaban J connectivity index is 1.25. The summed E-state index contributed by atoms with van der Waals surface area (Å²) in [4.78, 5) is 29.4. The number of piperidine rings is 1. The summed E-state index contributed by atoms with van der Waals surface area (Å²) in [5.41, 5.74) is 5.08. The maximum absolute atomic E-state index is 12.8. The summed E-state index contributed by atoms with van der Waals surface area (Å²) in [5, 5.41) is 3.63. The number of halogens is 2. The van der Waals surface area contributed by atoms with E-state index in [1.54, 1.807) is 7.05 Å². The van der Waals surface area contributed by atoms with Crippen LogP contribution in [0.5, 0.6) is 5.75 Å². The molecule has 1 N–H and O–H groups in total. The lowest BCUT2D eigenvalue weighted by molar-refractivity contribution is -0.145. The highest BCUT2D eigenvalue weighted by atomic mass is 79.9. The van der Waals surface area contributed by atoms with Crippen LogP contribution >= 0.6 is 27.5 Å². The average molecular weight is 613 g/mol. The summed E-state index contributed by atoms with van der Waals surface area (Å²) in [6.45, 7) is 7.33. The predicted molar refractivity (Wildman–Crippen MR) is 159 cm³/mol. The van der Waals surface area contributed by atoms with E-state index in [-0.39, 0.29) is 6.04 Å². The molecule has 39 heavy (non-hydrogen) atoms. The fourth-order valence-electron chi connectivity index (χ4n) is 4.97. The number of rotatable bonds is 8. The number of nitrogens with one attached hydrogen (secondary N) is 1. The number of carbonyl (C=O) groups is 2. The average Bonchev–Trinajstić information content (AvgIpc) is 2.91. The van der Waals surface area contributed by atoms with E-state index in [0.29, 0.717) is 18.2 Å². The number of benzene rings is 3. The molecular formula is C31H35BrClN3O3. The van der Waals surface area contributed by atoms with Crippen molar-refractivity contribution in [2.45, 2.75) is 52.4 Å². The zero-order chi connectivity index (χ0) is 27.9. The van der Waals surface area contributed by atoms with Gasteiger partial charge in [0, 0.05) is 54.3 Å². The SMILES string of the molecule is Cc1cc(CN(C)C(=O)C(=O)NC2CCN(Cc3ccc(Br)cc3)CC2)cc(C)c1OCc1ccccc1Cl. The lowest BCUT2D eigenvalue weighted by Gasteiger charge is -2.32. The summed E-state index contributed by atoms with van der Waals surface area (Å²) in [6, 6.07) is 20.0. The molecule has 1 fully saturated rings. The molecule has 1 heterocycles. The highest BCUT2D eigenvalue weighted by Crippen LogP contribution is 2.27. The Morgan fingerprint density at radius 3 is 2.31 bits per heavy atom. The van der Waals surface area contributed by atoms with Crippen LogP contribution in [0.1, 0.15) is 40.7 Å². The van der Waals surface area contributed by atoms with Crippen LogP contribution < -0.4 is 10.1 Å². The molecule has 0 saturated carbocycles. The molecule has 0 atom stereocenters. The van der Waals surface area contributed by atoms with Gasteiger partial charge in [-0.3, -0.25) is 14.5 Å². The first kappa shape index (κ1) is 29.1. The van der Waals surface area contributed by atoms with Gasteiger partial charge < -0.3 is 15.0 Å². The van der Waals surface area contributed by atoms with Crippen LogP contribution in [0.15, 0.2) is 65.1 Å². The standard InChI is InChI=1S/C31H35BrClN3O3/c1-21-16-24(17-22(2)29(21)39-20-25-6-4-5-7-28(25)33)18-35(3)31(38)30(37)34-27-12-14-36(15-13-27)19-23-8-10-26(32)11-9-23/h4-11,16-17,27H,12-15,18-20H2,1-3H3,(H,34,37). The van der Waals surface area contributed by atoms with Crippen molar-refractivity contribution in [3.05, 3.63) is 98.0 Å². The molecule has 206 valence electrons. The largest absolute Gasteiger partial charge is 0.488 e. The minimum Gasteiger partial charge on any atom is -0.488 e. The van der Waals surface area contributed by atoms with Gasteiger partial charge >= 0.3 is 11.8 Å². The maximum atomic E-state index is 12.8. The molecule has 0 radical (unpaired) electrons. The third-order valence-corrected chi connectivity index (χ3v) is 7.95. The molecule has 1 aliphatic rings. The first-order chi connectivity index (χ1) is 18.7. The second-order valence-electron chi connectivity index (χ2n) is 10.3. The second-order valence-corrected chi connectivity index (χ2v) is 11.6. The number of nitrogens with zero attached hydrogens (tertiary/aromatic N) is 2. The summed E-state index contributed by atoms with van der Waals surface area (Å²) < 4.78 is 7.15. The number of likely N-dealkylation sites (N-methyl/N-ethyl adjacent to an activating group) is 1. The van der Waals surface area contributed by atoms with Crippen LogP contribution in [-0.4, -0.2) is 47.8 Å². The van der Waals surface area contributed by atoms with Gasteiger partial charge in [-0.15, -0.1) is 0 Å². The normalized spacial score (nSPS) is 14.2. The van der Waals surface area contributed by atoms with E-state index in [0.717, 1.165) is 65.0 Å². The van der Waals surface area contributed by atoms with Crippen molar-refractivity contribution in [3.8, 4) is 5.75 Å². The molecule has 2 amide bonds. The van der Waals surface area contributed by atoms with Crippen molar-refractivity contribution in [3.63, 3.8) is 0 Å². The van der Waals surface area contributed by atoms with Gasteiger partial charge in [-0.05, 0) is 67.1 Å².